The predicted octanol–water partition coefficient (Wildman–Crippen LogP) is 0.930. The highest BCUT2D eigenvalue weighted by Gasteiger charge is 2.30. The summed E-state index contributed by atoms with van der Waals surface area (Å²) >= 11 is 0. The molecule has 1 aromatic carbocycles. The Morgan fingerprint density at radius 3 is 2.90 bits per heavy atom. The molecular formula is C14H19NO5S. The number of sulfone groups is 1. The minimum Gasteiger partial charge on any atom is -0.492 e. The van der Waals surface area contributed by atoms with Crippen LogP contribution in [0.5, 0.6) is 5.75 Å². The lowest BCUT2D eigenvalue weighted by molar-refractivity contribution is 0.0696. The zero-order chi connectivity index (χ0) is 15.3. The average molecular weight is 313 g/mol. The lowest BCUT2D eigenvalue weighted by atomic mass is 10.2. The molecule has 0 amide bonds. The van der Waals surface area contributed by atoms with Crippen molar-refractivity contribution < 1.29 is 23.1 Å². The van der Waals surface area contributed by atoms with E-state index in [2.05, 4.69) is 5.32 Å². The van der Waals surface area contributed by atoms with Gasteiger partial charge in [0.1, 0.15) is 12.4 Å². The Kier molecular flexibility index (Phi) is 5.19. The topological polar surface area (TPSA) is 92.7 Å². The number of carbonyl (C=O) groups is 1. The van der Waals surface area contributed by atoms with Gasteiger partial charge in [-0.05, 0) is 31.0 Å². The molecule has 0 aromatic heterocycles. The van der Waals surface area contributed by atoms with Gasteiger partial charge in [-0.1, -0.05) is 6.07 Å². The highest BCUT2D eigenvalue weighted by molar-refractivity contribution is 7.92. The van der Waals surface area contributed by atoms with E-state index in [0.717, 1.165) is 12.8 Å². The number of hydrogen-bond donors (Lipinski definition) is 2. The van der Waals surface area contributed by atoms with Crippen molar-refractivity contribution in [2.24, 2.45) is 0 Å². The van der Waals surface area contributed by atoms with Crippen molar-refractivity contribution in [1.82, 2.24) is 5.32 Å². The molecule has 1 aromatic rings. The van der Waals surface area contributed by atoms with Crippen molar-refractivity contribution in [2.75, 3.05) is 25.4 Å². The monoisotopic (exact) mass is 313 g/mol. The molecular weight excluding hydrogens is 294 g/mol. The van der Waals surface area contributed by atoms with Crippen molar-refractivity contribution in [3.8, 4) is 5.75 Å². The summed E-state index contributed by atoms with van der Waals surface area (Å²) in [6.45, 7) is 1.32. The van der Waals surface area contributed by atoms with Crippen LogP contribution in [0.4, 0.5) is 0 Å². The van der Waals surface area contributed by atoms with Gasteiger partial charge in [0.05, 0.1) is 16.6 Å². The lowest BCUT2D eigenvalue weighted by Crippen LogP contribution is -2.32. The smallest absolute Gasteiger partial charge is 0.335 e. The minimum atomic E-state index is -2.91. The van der Waals surface area contributed by atoms with Crippen molar-refractivity contribution >= 4 is 15.8 Å². The van der Waals surface area contributed by atoms with Gasteiger partial charge < -0.3 is 15.2 Å². The fourth-order valence-electron chi connectivity index (χ4n) is 2.31. The molecule has 21 heavy (non-hydrogen) atoms. The molecule has 1 atom stereocenters. The summed E-state index contributed by atoms with van der Waals surface area (Å²) in [6, 6.07) is 6.27. The molecule has 1 unspecified atom stereocenters. The Balaban J connectivity index is 1.70. The van der Waals surface area contributed by atoms with E-state index in [-0.39, 0.29) is 16.6 Å². The van der Waals surface area contributed by atoms with E-state index in [0.29, 0.717) is 25.4 Å². The Morgan fingerprint density at radius 2 is 2.24 bits per heavy atom. The van der Waals surface area contributed by atoms with Crippen LogP contribution in [0.15, 0.2) is 24.3 Å². The molecule has 0 radical (unpaired) electrons. The largest absolute Gasteiger partial charge is 0.492 e. The Labute approximate surface area is 124 Å². The van der Waals surface area contributed by atoms with Gasteiger partial charge >= 0.3 is 5.97 Å². The summed E-state index contributed by atoms with van der Waals surface area (Å²) < 4.78 is 28.7. The quantitative estimate of drug-likeness (QED) is 0.728. The highest BCUT2D eigenvalue weighted by Crippen LogP contribution is 2.19. The molecule has 0 saturated carbocycles. The highest BCUT2D eigenvalue weighted by atomic mass is 32.2. The number of ether oxygens (including phenoxy) is 1. The second-order valence-electron chi connectivity index (χ2n) is 5.02. The van der Waals surface area contributed by atoms with Crippen LogP contribution >= 0.6 is 0 Å². The number of aromatic carboxylic acids is 1. The number of rotatable bonds is 7. The van der Waals surface area contributed by atoms with E-state index in [1.807, 2.05) is 0 Å². The van der Waals surface area contributed by atoms with Gasteiger partial charge in [-0.3, -0.25) is 0 Å². The summed E-state index contributed by atoms with van der Waals surface area (Å²) in [5, 5.41) is 11.7. The molecule has 0 aliphatic carbocycles. The normalized spacial score (nSPS) is 20.3. The van der Waals surface area contributed by atoms with Gasteiger partial charge in [0.25, 0.3) is 0 Å². The Morgan fingerprint density at radius 1 is 1.43 bits per heavy atom. The second kappa shape index (κ2) is 6.91. The zero-order valence-electron chi connectivity index (χ0n) is 11.6. The van der Waals surface area contributed by atoms with Crippen LogP contribution < -0.4 is 10.1 Å². The van der Waals surface area contributed by atoms with Gasteiger partial charge in [0.15, 0.2) is 9.84 Å². The van der Waals surface area contributed by atoms with E-state index >= 15 is 0 Å². The Bertz CT molecular complexity index is 599. The number of benzene rings is 1. The van der Waals surface area contributed by atoms with Gasteiger partial charge in [-0.2, -0.15) is 0 Å². The van der Waals surface area contributed by atoms with Crippen molar-refractivity contribution in [3.63, 3.8) is 0 Å². The van der Waals surface area contributed by atoms with Crippen LogP contribution in [-0.2, 0) is 9.84 Å². The molecule has 1 saturated heterocycles. The third-order valence-electron chi connectivity index (χ3n) is 3.46. The summed E-state index contributed by atoms with van der Waals surface area (Å²) in [4.78, 5) is 10.8. The van der Waals surface area contributed by atoms with Crippen LogP contribution in [0.2, 0.25) is 0 Å². The predicted molar refractivity (Wildman–Crippen MR) is 78.6 cm³/mol. The summed E-state index contributed by atoms with van der Waals surface area (Å²) in [5.74, 6) is -0.215. The van der Waals surface area contributed by atoms with Gasteiger partial charge in [-0.15, -0.1) is 0 Å². The molecule has 2 N–H and O–H groups in total. The first-order valence-electron chi connectivity index (χ1n) is 6.87. The first-order valence-corrected chi connectivity index (χ1v) is 8.59. The van der Waals surface area contributed by atoms with E-state index in [9.17, 15) is 13.2 Å². The molecule has 6 nitrogen and oxygen atoms in total. The van der Waals surface area contributed by atoms with Crippen LogP contribution in [0.1, 0.15) is 23.2 Å². The lowest BCUT2D eigenvalue weighted by Gasteiger charge is -2.11. The molecule has 1 aliphatic rings. The summed E-state index contributed by atoms with van der Waals surface area (Å²) in [6.07, 6.45) is 1.46. The summed E-state index contributed by atoms with van der Waals surface area (Å²) in [7, 11) is -2.91. The second-order valence-corrected chi connectivity index (χ2v) is 7.42. The molecule has 0 bridgehead atoms. The van der Waals surface area contributed by atoms with Crippen LogP contribution in [-0.4, -0.2) is 50.2 Å². The van der Waals surface area contributed by atoms with Crippen LogP contribution in [0.25, 0.3) is 0 Å². The molecule has 1 fully saturated rings. The molecule has 7 heteroatoms. The minimum absolute atomic E-state index is 0.178. The van der Waals surface area contributed by atoms with Crippen molar-refractivity contribution in [1.29, 1.82) is 0 Å². The molecule has 1 heterocycles. The average Bonchev–Trinajstić information content (AvgIpc) is 2.78. The third kappa shape index (κ3) is 4.44. The maximum atomic E-state index is 11.6. The van der Waals surface area contributed by atoms with Gasteiger partial charge in [-0.25, -0.2) is 13.2 Å². The zero-order valence-corrected chi connectivity index (χ0v) is 12.4. The van der Waals surface area contributed by atoms with E-state index in [1.54, 1.807) is 12.1 Å². The maximum Gasteiger partial charge on any atom is 0.335 e. The Hall–Kier alpha value is -1.60. The number of hydrogen-bond acceptors (Lipinski definition) is 5. The van der Waals surface area contributed by atoms with E-state index < -0.39 is 15.8 Å². The molecule has 1 aliphatic heterocycles. The third-order valence-corrected chi connectivity index (χ3v) is 5.74. The van der Waals surface area contributed by atoms with Crippen molar-refractivity contribution in [2.45, 2.75) is 18.1 Å². The fraction of sp³-hybridized carbons (Fsp3) is 0.500. The van der Waals surface area contributed by atoms with Gasteiger partial charge in [0, 0.05) is 13.1 Å². The van der Waals surface area contributed by atoms with Gasteiger partial charge in [0.2, 0.25) is 0 Å². The number of nitrogens with one attached hydrogen (secondary N) is 1. The standard InChI is InChI=1S/C14H19NO5S/c16-14(17)11-3-1-4-12(9-11)20-7-6-15-10-13-5-2-8-21(13,18)19/h1,3-4,9,13,15H,2,5-8,10H2,(H,16,17). The maximum absolute atomic E-state index is 11.6. The first kappa shape index (κ1) is 15.8. The van der Waals surface area contributed by atoms with Crippen LogP contribution in [0, 0.1) is 0 Å². The number of carboxylic acids is 1. The van der Waals surface area contributed by atoms with E-state index in [4.69, 9.17) is 9.84 Å². The number of carboxylic acid groups (broad SMARTS) is 1. The SMILES string of the molecule is O=C(O)c1cccc(OCCNCC2CCCS2(=O)=O)c1. The van der Waals surface area contributed by atoms with Crippen LogP contribution in [0.3, 0.4) is 0 Å². The van der Waals surface area contributed by atoms with Crippen molar-refractivity contribution in [3.05, 3.63) is 29.8 Å². The molecule has 0 spiro atoms. The summed E-state index contributed by atoms with van der Waals surface area (Å²) in [5.41, 5.74) is 0.178. The first-order chi connectivity index (χ1) is 9.99. The fourth-order valence-corrected chi connectivity index (χ4v) is 4.11. The van der Waals surface area contributed by atoms with E-state index in [1.165, 1.54) is 12.1 Å². The molecule has 116 valence electrons. The molecule has 2 rings (SSSR count).